The summed E-state index contributed by atoms with van der Waals surface area (Å²) in [6, 6.07) is 17.9. The van der Waals surface area contributed by atoms with Crippen LogP contribution in [0.5, 0.6) is 0 Å². The number of sulfonamides is 2. The smallest absolute Gasteiger partial charge is 0.261 e. The van der Waals surface area contributed by atoms with Gasteiger partial charge < -0.3 is 0 Å². The van der Waals surface area contributed by atoms with Crippen molar-refractivity contribution in [2.45, 2.75) is 9.79 Å². The van der Waals surface area contributed by atoms with Gasteiger partial charge in [-0.25, -0.2) is 16.8 Å². The van der Waals surface area contributed by atoms with Gasteiger partial charge in [0.15, 0.2) is 0 Å². The lowest BCUT2D eigenvalue weighted by Crippen LogP contribution is -2.15. The zero-order valence-electron chi connectivity index (χ0n) is 14.1. The summed E-state index contributed by atoms with van der Waals surface area (Å²) in [6.45, 7) is 0. The van der Waals surface area contributed by atoms with Crippen LogP contribution < -0.4 is 9.44 Å². The molecule has 146 valence electrons. The maximum Gasteiger partial charge on any atom is 0.261 e. The minimum atomic E-state index is -3.88. The number of nitrogens with one attached hydrogen (secondary N) is 2. The van der Waals surface area contributed by atoms with Gasteiger partial charge in [-0.2, -0.15) is 0 Å². The highest BCUT2D eigenvalue weighted by Gasteiger charge is 2.19. The van der Waals surface area contributed by atoms with Gasteiger partial charge in [-0.15, -0.1) is 0 Å². The van der Waals surface area contributed by atoms with Gasteiger partial charge in [0, 0.05) is 0 Å². The van der Waals surface area contributed by atoms with E-state index in [1.54, 1.807) is 36.4 Å². The predicted molar refractivity (Wildman–Crippen MR) is 111 cm³/mol. The lowest BCUT2D eigenvalue weighted by Gasteiger charge is -2.14. The molecule has 0 radical (unpaired) electrons. The molecule has 0 aliphatic heterocycles. The Morgan fingerprint density at radius 3 is 1.21 bits per heavy atom. The number of hydrogen-bond donors (Lipinski definition) is 2. The molecule has 0 aliphatic carbocycles. The van der Waals surface area contributed by atoms with E-state index in [2.05, 4.69) is 9.44 Å². The highest BCUT2D eigenvalue weighted by molar-refractivity contribution is 7.93. The van der Waals surface area contributed by atoms with Crippen molar-refractivity contribution < 1.29 is 16.8 Å². The van der Waals surface area contributed by atoms with Gasteiger partial charge in [-0.05, 0) is 36.4 Å². The molecule has 0 heterocycles. The summed E-state index contributed by atoms with van der Waals surface area (Å²) < 4.78 is 54.4. The van der Waals surface area contributed by atoms with E-state index in [1.807, 2.05) is 0 Å². The Morgan fingerprint density at radius 1 is 0.571 bits per heavy atom. The summed E-state index contributed by atoms with van der Waals surface area (Å²) in [6.07, 6.45) is 0. The van der Waals surface area contributed by atoms with Gasteiger partial charge in [-0.1, -0.05) is 59.6 Å². The molecule has 3 aromatic rings. The van der Waals surface area contributed by atoms with Crippen LogP contribution >= 0.6 is 23.2 Å². The summed E-state index contributed by atoms with van der Waals surface area (Å²) in [5.74, 6) is 0. The molecular weight excluding hydrogens is 443 g/mol. The third kappa shape index (κ3) is 4.59. The molecule has 0 amide bonds. The Morgan fingerprint density at radius 2 is 0.893 bits per heavy atom. The fourth-order valence-corrected chi connectivity index (χ4v) is 5.03. The second-order valence-corrected chi connectivity index (χ2v) is 9.83. The minimum absolute atomic E-state index is 0.0188. The molecule has 0 unspecified atom stereocenters. The second kappa shape index (κ2) is 8.00. The first-order valence-electron chi connectivity index (χ1n) is 7.84. The molecule has 6 nitrogen and oxygen atoms in total. The molecular formula is C18H14Cl2N2O4S2. The Kier molecular flexibility index (Phi) is 5.85. The average molecular weight is 457 g/mol. The Labute approximate surface area is 173 Å². The van der Waals surface area contributed by atoms with Crippen LogP contribution in [0.2, 0.25) is 10.0 Å². The van der Waals surface area contributed by atoms with Crippen molar-refractivity contribution in [3.8, 4) is 0 Å². The lowest BCUT2D eigenvalue weighted by molar-refractivity contribution is 0.599. The van der Waals surface area contributed by atoms with E-state index >= 15 is 0 Å². The second-order valence-electron chi connectivity index (χ2n) is 5.65. The van der Waals surface area contributed by atoms with E-state index in [4.69, 9.17) is 23.2 Å². The molecule has 28 heavy (non-hydrogen) atoms. The van der Waals surface area contributed by atoms with Crippen molar-refractivity contribution in [2.24, 2.45) is 0 Å². The monoisotopic (exact) mass is 456 g/mol. The standard InChI is InChI=1S/C18H14Cl2N2O4S2/c19-15-12-18(22-28(25,26)14-9-5-2-6-10-14)16(20)11-17(15)21-27(23,24)13-7-3-1-4-8-13/h1-12,21-22H. The maximum absolute atomic E-state index is 12.4. The van der Waals surface area contributed by atoms with Crippen molar-refractivity contribution in [2.75, 3.05) is 9.44 Å². The molecule has 2 N–H and O–H groups in total. The largest absolute Gasteiger partial charge is 0.278 e. The van der Waals surface area contributed by atoms with Crippen LogP contribution in [-0.2, 0) is 20.0 Å². The zero-order valence-corrected chi connectivity index (χ0v) is 17.3. The Balaban J connectivity index is 1.90. The van der Waals surface area contributed by atoms with Crippen LogP contribution in [0, 0.1) is 0 Å². The van der Waals surface area contributed by atoms with Crippen molar-refractivity contribution in [1.82, 2.24) is 0 Å². The molecule has 0 fully saturated rings. The molecule has 0 aliphatic rings. The van der Waals surface area contributed by atoms with Crippen LogP contribution in [-0.4, -0.2) is 16.8 Å². The Hall–Kier alpha value is -2.26. The van der Waals surface area contributed by atoms with E-state index in [0.29, 0.717) is 0 Å². The van der Waals surface area contributed by atoms with Crippen LogP contribution in [0.4, 0.5) is 11.4 Å². The summed E-state index contributed by atoms with van der Waals surface area (Å²) in [5, 5.41) is -0.0377. The number of benzene rings is 3. The molecule has 0 atom stereocenters. The topological polar surface area (TPSA) is 92.3 Å². The molecule has 0 saturated carbocycles. The molecule has 0 bridgehead atoms. The molecule has 3 aromatic carbocycles. The van der Waals surface area contributed by atoms with Gasteiger partial charge in [0.05, 0.1) is 31.2 Å². The van der Waals surface area contributed by atoms with E-state index < -0.39 is 20.0 Å². The van der Waals surface area contributed by atoms with Crippen LogP contribution in [0.1, 0.15) is 0 Å². The number of halogens is 2. The SMILES string of the molecule is O=S(=O)(Nc1cc(Cl)c(NS(=O)(=O)c2ccccc2)cc1Cl)c1ccccc1. The first-order chi connectivity index (χ1) is 13.2. The van der Waals surface area contributed by atoms with Gasteiger partial charge in [0.1, 0.15) is 0 Å². The van der Waals surface area contributed by atoms with Gasteiger partial charge in [0.2, 0.25) is 0 Å². The maximum atomic E-state index is 12.4. The predicted octanol–water partition coefficient (Wildman–Crippen LogP) is 4.60. The van der Waals surface area contributed by atoms with E-state index in [-0.39, 0.29) is 31.2 Å². The van der Waals surface area contributed by atoms with Crippen LogP contribution in [0.15, 0.2) is 82.6 Å². The summed E-state index contributed by atoms with van der Waals surface area (Å²) in [4.78, 5) is 0.104. The third-order valence-electron chi connectivity index (χ3n) is 3.65. The van der Waals surface area contributed by atoms with E-state index in [0.717, 1.165) is 0 Å². The molecule has 0 aromatic heterocycles. The molecule has 0 saturated heterocycles. The van der Waals surface area contributed by atoms with Gasteiger partial charge in [-0.3, -0.25) is 9.44 Å². The van der Waals surface area contributed by atoms with E-state index in [9.17, 15) is 16.8 Å². The summed E-state index contributed by atoms with van der Waals surface area (Å²) >= 11 is 12.3. The van der Waals surface area contributed by atoms with Crippen molar-refractivity contribution in [3.05, 3.63) is 82.8 Å². The summed E-state index contributed by atoms with van der Waals surface area (Å²) in [7, 11) is -7.75. The Bertz CT molecular complexity index is 1100. The van der Waals surface area contributed by atoms with Gasteiger partial charge >= 0.3 is 0 Å². The average Bonchev–Trinajstić information content (AvgIpc) is 2.67. The highest BCUT2D eigenvalue weighted by atomic mass is 35.5. The van der Waals surface area contributed by atoms with Crippen molar-refractivity contribution >= 4 is 54.6 Å². The number of rotatable bonds is 6. The van der Waals surface area contributed by atoms with Gasteiger partial charge in [0.25, 0.3) is 20.0 Å². The number of anilines is 2. The fraction of sp³-hybridized carbons (Fsp3) is 0. The lowest BCUT2D eigenvalue weighted by atomic mass is 10.3. The number of hydrogen-bond acceptors (Lipinski definition) is 4. The van der Waals surface area contributed by atoms with Crippen LogP contribution in [0.25, 0.3) is 0 Å². The minimum Gasteiger partial charge on any atom is -0.278 e. The molecule has 3 rings (SSSR count). The third-order valence-corrected chi connectivity index (χ3v) is 7.04. The zero-order chi connectivity index (χ0) is 20.4. The molecule has 0 spiro atoms. The van der Waals surface area contributed by atoms with E-state index in [1.165, 1.54) is 36.4 Å². The molecule has 10 heteroatoms. The quantitative estimate of drug-likeness (QED) is 0.566. The van der Waals surface area contributed by atoms with Crippen molar-refractivity contribution in [1.29, 1.82) is 0 Å². The normalized spacial score (nSPS) is 11.8. The fourth-order valence-electron chi connectivity index (χ4n) is 2.31. The first-order valence-corrected chi connectivity index (χ1v) is 11.6. The summed E-state index contributed by atoms with van der Waals surface area (Å²) in [5.41, 5.74) is 0.0522. The van der Waals surface area contributed by atoms with Crippen molar-refractivity contribution in [3.63, 3.8) is 0 Å². The highest BCUT2D eigenvalue weighted by Crippen LogP contribution is 2.35. The van der Waals surface area contributed by atoms with Crippen LogP contribution in [0.3, 0.4) is 0 Å². The first kappa shape index (κ1) is 20.5.